The van der Waals surface area contributed by atoms with Crippen molar-refractivity contribution in [3.05, 3.63) is 12.2 Å². The molecule has 0 saturated heterocycles. The second-order valence-corrected chi connectivity index (χ2v) is 24.7. The van der Waals surface area contributed by atoms with Gasteiger partial charge in [-0.2, -0.15) is 0 Å². The molecule has 2 unspecified atom stereocenters. The first-order chi connectivity index (χ1) is 37.2. The third-order valence-corrected chi connectivity index (χ3v) is 17.0. The van der Waals surface area contributed by atoms with Gasteiger partial charge in [-0.3, -0.25) is 4.79 Å². The van der Waals surface area contributed by atoms with Gasteiger partial charge in [0, 0.05) is 6.42 Å². The third kappa shape index (κ3) is 63.8. The van der Waals surface area contributed by atoms with Crippen molar-refractivity contribution in [3.8, 4) is 0 Å². The first kappa shape index (κ1) is 74.1. The molecule has 4 heteroatoms. The van der Waals surface area contributed by atoms with Crippen LogP contribution in [0.3, 0.4) is 0 Å². The van der Waals surface area contributed by atoms with Crippen LogP contribution in [0, 0.1) is 0 Å². The van der Waals surface area contributed by atoms with Gasteiger partial charge >= 0.3 is 0 Å². The monoisotopic (exact) mass is 1060 g/mol. The lowest BCUT2D eigenvalue weighted by Crippen LogP contribution is -2.45. The molecule has 0 aromatic rings. The summed E-state index contributed by atoms with van der Waals surface area (Å²) in [6.07, 6.45) is 89.9. The molecule has 0 spiro atoms. The summed E-state index contributed by atoms with van der Waals surface area (Å²) in [7, 11) is 0. The quantitative estimate of drug-likeness (QED) is 0.0420. The Hall–Kier alpha value is -0.870. The molecule has 2 atom stereocenters. The number of nitrogens with one attached hydrogen (secondary N) is 1. The highest BCUT2D eigenvalue weighted by Crippen LogP contribution is 2.20. The summed E-state index contributed by atoms with van der Waals surface area (Å²) in [5.41, 5.74) is 0. The third-order valence-electron chi connectivity index (χ3n) is 17.0. The molecule has 1 amide bonds. The molecule has 0 radical (unpaired) electrons. The van der Waals surface area contributed by atoms with E-state index >= 15 is 0 Å². The van der Waals surface area contributed by atoms with Crippen LogP contribution in [0.15, 0.2) is 12.2 Å². The van der Waals surface area contributed by atoms with Crippen molar-refractivity contribution in [1.29, 1.82) is 0 Å². The van der Waals surface area contributed by atoms with Gasteiger partial charge in [0.2, 0.25) is 5.91 Å². The number of allylic oxidation sites excluding steroid dienone is 2. The molecule has 0 aromatic carbocycles. The largest absolute Gasteiger partial charge is 0.394 e. The molecule has 0 fully saturated rings. The van der Waals surface area contributed by atoms with E-state index in [-0.39, 0.29) is 12.5 Å². The number of carbonyl (C=O) groups is 1. The summed E-state index contributed by atoms with van der Waals surface area (Å²) in [5, 5.41) is 23.5. The van der Waals surface area contributed by atoms with Crippen molar-refractivity contribution in [2.45, 2.75) is 431 Å². The Kier molecular flexibility index (Phi) is 66.6. The number of amides is 1. The molecule has 0 aliphatic rings. The van der Waals surface area contributed by atoms with Crippen molar-refractivity contribution in [3.63, 3.8) is 0 Å². The van der Waals surface area contributed by atoms with Gasteiger partial charge in [-0.25, -0.2) is 0 Å². The van der Waals surface area contributed by atoms with Crippen molar-refractivity contribution in [2.24, 2.45) is 0 Å². The molecule has 0 aliphatic carbocycles. The molecule has 75 heavy (non-hydrogen) atoms. The summed E-state index contributed by atoms with van der Waals surface area (Å²) >= 11 is 0. The number of hydrogen-bond acceptors (Lipinski definition) is 3. The minimum atomic E-state index is -0.657. The van der Waals surface area contributed by atoms with Crippen LogP contribution in [-0.2, 0) is 4.79 Å². The smallest absolute Gasteiger partial charge is 0.220 e. The van der Waals surface area contributed by atoms with Crippen molar-refractivity contribution in [2.75, 3.05) is 6.61 Å². The van der Waals surface area contributed by atoms with Gasteiger partial charge in [-0.15, -0.1) is 0 Å². The average molecular weight is 1060 g/mol. The van der Waals surface area contributed by atoms with E-state index in [2.05, 4.69) is 31.3 Å². The molecule has 0 rings (SSSR count). The lowest BCUT2D eigenvalue weighted by Gasteiger charge is -2.22. The van der Waals surface area contributed by atoms with Crippen LogP contribution >= 0.6 is 0 Å². The maximum Gasteiger partial charge on any atom is 0.220 e. The van der Waals surface area contributed by atoms with E-state index < -0.39 is 12.1 Å². The van der Waals surface area contributed by atoms with Gasteiger partial charge in [-0.1, -0.05) is 386 Å². The molecular formula is C71H141NO3. The zero-order chi connectivity index (χ0) is 54.1. The Labute approximate surface area is 473 Å². The molecule has 0 bridgehead atoms. The molecule has 448 valence electrons. The van der Waals surface area contributed by atoms with Gasteiger partial charge in [0.1, 0.15) is 0 Å². The topological polar surface area (TPSA) is 69.6 Å². The predicted octanol–water partition coefficient (Wildman–Crippen LogP) is 24.0. The Morgan fingerprint density at radius 3 is 0.733 bits per heavy atom. The Morgan fingerprint density at radius 2 is 0.507 bits per heavy atom. The normalized spacial score (nSPS) is 12.6. The number of rotatable bonds is 67. The molecule has 0 aromatic heterocycles. The number of carbonyl (C=O) groups excluding carboxylic acids is 1. The first-order valence-corrected chi connectivity index (χ1v) is 35.4. The first-order valence-electron chi connectivity index (χ1n) is 35.4. The van der Waals surface area contributed by atoms with Crippen LogP contribution in [0.25, 0.3) is 0 Å². The van der Waals surface area contributed by atoms with E-state index in [1.54, 1.807) is 0 Å². The summed E-state index contributed by atoms with van der Waals surface area (Å²) in [6, 6.07) is -0.534. The standard InChI is InChI=1S/C71H141NO3/c1-3-5-7-9-11-13-15-17-19-21-23-25-27-29-31-32-33-34-35-36-37-38-39-40-41-43-45-47-49-51-53-55-57-59-61-63-65-67-71(75)72-69(68-73)70(74)66-64-62-60-58-56-54-52-50-48-46-44-42-30-28-26-24-22-20-18-16-14-12-10-8-6-4-2/h21,23,69-70,73-74H,3-20,22,24-68H2,1-2H3,(H,72,75)/b23-21-. The van der Waals surface area contributed by atoms with Gasteiger partial charge in [-0.05, 0) is 38.5 Å². The highest BCUT2D eigenvalue weighted by atomic mass is 16.3. The fourth-order valence-corrected chi connectivity index (χ4v) is 11.7. The molecule has 0 heterocycles. The number of unbranched alkanes of at least 4 members (excludes halogenated alkanes) is 58. The molecule has 4 nitrogen and oxygen atoms in total. The van der Waals surface area contributed by atoms with Crippen LogP contribution in [0.5, 0.6) is 0 Å². The molecule has 3 N–H and O–H groups in total. The molecular weight excluding hydrogens is 915 g/mol. The van der Waals surface area contributed by atoms with E-state index in [1.165, 1.54) is 366 Å². The summed E-state index contributed by atoms with van der Waals surface area (Å²) in [5.74, 6) is -0.0202. The van der Waals surface area contributed by atoms with Crippen LogP contribution < -0.4 is 5.32 Å². The van der Waals surface area contributed by atoms with Gasteiger partial charge in [0.25, 0.3) is 0 Å². The Bertz CT molecular complexity index is 1060. The minimum absolute atomic E-state index is 0.0202. The summed E-state index contributed by atoms with van der Waals surface area (Å²) in [6.45, 7) is 4.41. The fourth-order valence-electron chi connectivity index (χ4n) is 11.7. The minimum Gasteiger partial charge on any atom is -0.394 e. The van der Waals surface area contributed by atoms with Crippen LogP contribution in [0.2, 0.25) is 0 Å². The Morgan fingerprint density at radius 1 is 0.307 bits per heavy atom. The molecule has 0 saturated carbocycles. The summed E-state index contributed by atoms with van der Waals surface area (Å²) in [4.78, 5) is 12.6. The lowest BCUT2D eigenvalue weighted by atomic mass is 10.0. The van der Waals surface area contributed by atoms with Crippen molar-refractivity contribution < 1.29 is 15.0 Å². The van der Waals surface area contributed by atoms with Crippen LogP contribution in [0.1, 0.15) is 418 Å². The van der Waals surface area contributed by atoms with Crippen LogP contribution in [-0.4, -0.2) is 34.9 Å². The molecule has 0 aliphatic heterocycles. The van der Waals surface area contributed by atoms with Gasteiger partial charge in [0.05, 0.1) is 18.8 Å². The van der Waals surface area contributed by atoms with E-state index in [1.807, 2.05) is 0 Å². The second-order valence-electron chi connectivity index (χ2n) is 24.7. The zero-order valence-electron chi connectivity index (χ0n) is 51.9. The zero-order valence-corrected chi connectivity index (χ0v) is 51.9. The second kappa shape index (κ2) is 67.4. The van der Waals surface area contributed by atoms with Crippen LogP contribution in [0.4, 0.5) is 0 Å². The summed E-state index contributed by atoms with van der Waals surface area (Å²) < 4.78 is 0. The SMILES string of the molecule is CCCCCCCCCC/C=C\CCCCCCCCCCCCCCCCCCCCCCCCCCCC(=O)NC(CO)C(O)CCCCCCCCCCCCCCCCCCCCCCCCCCCC. The lowest BCUT2D eigenvalue weighted by molar-refractivity contribution is -0.123. The average Bonchev–Trinajstić information content (AvgIpc) is 3.41. The number of aliphatic hydroxyl groups is 2. The maximum absolute atomic E-state index is 12.6. The number of hydrogen-bond donors (Lipinski definition) is 3. The fraction of sp³-hybridized carbons (Fsp3) is 0.958. The predicted molar refractivity (Wildman–Crippen MR) is 336 cm³/mol. The Balaban J connectivity index is 3.35. The van der Waals surface area contributed by atoms with E-state index in [9.17, 15) is 15.0 Å². The van der Waals surface area contributed by atoms with Crippen molar-refractivity contribution >= 4 is 5.91 Å². The number of aliphatic hydroxyl groups excluding tert-OH is 2. The van der Waals surface area contributed by atoms with Gasteiger partial charge in [0.15, 0.2) is 0 Å². The van der Waals surface area contributed by atoms with Gasteiger partial charge < -0.3 is 15.5 Å². The maximum atomic E-state index is 12.6. The highest BCUT2D eigenvalue weighted by Gasteiger charge is 2.20. The van der Waals surface area contributed by atoms with E-state index in [0.717, 1.165) is 25.7 Å². The van der Waals surface area contributed by atoms with E-state index in [4.69, 9.17) is 0 Å². The highest BCUT2D eigenvalue weighted by molar-refractivity contribution is 5.76. The van der Waals surface area contributed by atoms with Crippen molar-refractivity contribution in [1.82, 2.24) is 5.32 Å². The van der Waals surface area contributed by atoms with E-state index in [0.29, 0.717) is 12.8 Å².